The highest BCUT2D eigenvalue weighted by atomic mass is 32.2. The number of rotatable bonds is 5. The predicted molar refractivity (Wildman–Crippen MR) is 100 cm³/mol. The Balaban J connectivity index is 1.70. The fraction of sp³-hybridized carbons (Fsp3) is 0.100. The molecule has 0 spiro atoms. The molecule has 0 N–H and O–H groups in total. The van der Waals surface area contributed by atoms with E-state index >= 15 is 0 Å². The van der Waals surface area contributed by atoms with E-state index in [1.165, 1.54) is 0 Å². The molecule has 5 heteroatoms. The molecule has 124 valence electrons. The van der Waals surface area contributed by atoms with Crippen molar-refractivity contribution in [3.05, 3.63) is 78.9 Å². The summed E-state index contributed by atoms with van der Waals surface area (Å²) < 4.78 is 8.11. The molecule has 2 heterocycles. The Morgan fingerprint density at radius 3 is 2.28 bits per heavy atom. The predicted octanol–water partition coefficient (Wildman–Crippen LogP) is 5.03. The first kappa shape index (κ1) is 15.7. The number of nitrogens with zero attached hydrogens (tertiary/aromatic N) is 3. The van der Waals surface area contributed by atoms with Gasteiger partial charge in [0.1, 0.15) is 11.5 Å². The number of oxazole rings is 1. The van der Waals surface area contributed by atoms with Gasteiger partial charge in [-0.25, -0.2) is 9.97 Å². The lowest BCUT2D eigenvalue weighted by atomic mass is 10.1. The molecule has 0 aliphatic carbocycles. The summed E-state index contributed by atoms with van der Waals surface area (Å²) in [6.45, 7) is 0. The fourth-order valence-corrected chi connectivity index (χ4v) is 3.43. The number of aryl methyl sites for hydroxylation is 1. The maximum Gasteiger partial charge on any atom is 0.257 e. The van der Waals surface area contributed by atoms with Crippen LogP contribution in [-0.2, 0) is 12.8 Å². The standard InChI is InChI=1S/C20H17N3OS/c1-23-13-12-21-17(23)14-25-20-22-18(15-8-4-2-5-9-15)19(24-20)16-10-6-3-7-11-16/h2-13H,14H2,1H3. The van der Waals surface area contributed by atoms with Crippen LogP contribution in [0.4, 0.5) is 0 Å². The Kier molecular flexibility index (Phi) is 4.39. The second kappa shape index (κ2) is 6.99. The third-order valence-electron chi connectivity index (χ3n) is 3.94. The summed E-state index contributed by atoms with van der Waals surface area (Å²) in [5.41, 5.74) is 2.95. The van der Waals surface area contributed by atoms with E-state index in [9.17, 15) is 0 Å². The van der Waals surface area contributed by atoms with Gasteiger partial charge in [0.25, 0.3) is 5.22 Å². The van der Waals surface area contributed by atoms with E-state index in [0.29, 0.717) is 11.0 Å². The molecule has 0 fully saturated rings. The van der Waals surface area contributed by atoms with Gasteiger partial charge in [0.15, 0.2) is 5.76 Å². The van der Waals surface area contributed by atoms with Crippen molar-refractivity contribution in [1.82, 2.24) is 14.5 Å². The van der Waals surface area contributed by atoms with Crippen LogP contribution in [0.15, 0.2) is 82.7 Å². The molecule has 25 heavy (non-hydrogen) atoms. The summed E-state index contributed by atoms with van der Waals surface area (Å²) in [6.07, 6.45) is 3.74. The Labute approximate surface area is 150 Å². The average molecular weight is 347 g/mol. The maximum absolute atomic E-state index is 6.11. The van der Waals surface area contributed by atoms with Gasteiger partial charge < -0.3 is 8.98 Å². The second-order valence-corrected chi connectivity index (χ2v) is 6.56. The van der Waals surface area contributed by atoms with Gasteiger partial charge >= 0.3 is 0 Å². The van der Waals surface area contributed by atoms with E-state index in [2.05, 4.69) is 17.1 Å². The van der Waals surface area contributed by atoms with Gasteiger partial charge in [-0.2, -0.15) is 0 Å². The minimum absolute atomic E-state index is 0.653. The quantitative estimate of drug-likeness (QED) is 0.475. The van der Waals surface area contributed by atoms with Crippen molar-refractivity contribution in [3.8, 4) is 22.6 Å². The van der Waals surface area contributed by atoms with E-state index in [0.717, 1.165) is 28.4 Å². The lowest BCUT2D eigenvalue weighted by Crippen LogP contribution is -1.94. The Morgan fingerprint density at radius 1 is 0.960 bits per heavy atom. The Hall–Kier alpha value is -2.79. The van der Waals surface area contributed by atoms with Crippen molar-refractivity contribution in [2.24, 2.45) is 7.05 Å². The first-order valence-corrected chi connectivity index (χ1v) is 9.00. The molecule has 0 aliphatic rings. The zero-order valence-electron chi connectivity index (χ0n) is 13.8. The smallest absolute Gasteiger partial charge is 0.257 e. The highest BCUT2D eigenvalue weighted by Gasteiger charge is 2.17. The largest absolute Gasteiger partial charge is 0.431 e. The normalized spacial score (nSPS) is 10.9. The van der Waals surface area contributed by atoms with Gasteiger partial charge in [0.2, 0.25) is 0 Å². The van der Waals surface area contributed by atoms with Crippen LogP contribution in [0.25, 0.3) is 22.6 Å². The highest BCUT2D eigenvalue weighted by Crippen LogP contribution is 2.36. The second-order valence-electron chi connectivity index (χ2n) is 5.63. The molecule has 4 aromatic rings. The van der Waals surface area contributed by atoms with Crippen molar-refractivity contribution in [3.63, 3.8) is 0 Å². The summed E-state index contributed by atoms with van der Waals surface area (Å²) in [5, 5.41) is 0.653. The molecule has 0 saturated carbocycles. The van der Waals surface area contributed by atoms with Gasteiger partial charge in [0, 0.05) is 30.6 Å². The summed E-state index contributed by atoms with van der Waals surface area (Å²) in [6, 6.07) is 20.2. The SMILES string of the molecule is Cn1ccnc1CSc1nc(-c2ccccc2)c(-c2ccccc2)o1. The molecule has 0 atom stereocenters. The van der Waals surface area contributed by atoms with Crippen molar-refractivity contribution in [1.29, 1.82) is 0 Å². The minimum atomic E-state index is 0.653. The van der Waals surface area contributed by atoms with E-state index < -0.39 is 0 Å². The molecule has 0 radical (unpaired) electrons. The van der Waals surface area contributed by atoms with Gasteiger partial charge in [-0.3, -0.25) is 0 Å². The number of hydrogen-bond acceptors (Lipinski definition) is 4. The number of hydrogen-bond donors (Lipinski definition) is 0. The molecule has 0 bridgehead atoms. The molecule has 0 amide bonds. The lowest BCUT2D eigenvalue weighted by molar-refractivity contribution is 0.466. The lowest BCUT2D eigenvalue weighted by Gasteiger charge is -2.00. The molecule has 0 aliphatic heterocycles. The minimum Gasteiger partial charge on any atom is -0.431 e. The molecule has 4 rings (SSSR count). The first-order chi connectivity index (χ1) is 12.3. The van der Waals surface area contributed by atoms with Gasteiger partial charge in [0.05, 0.1) is 5.75 Å². The van der Waals surface area contributed by atoms with Crippen LogP contribution in [0.3, 0.4) is 0 Å². The summed E-state index contributed by atoms with van der Waals surface area (Å²) in [7, 11) is 1.99. The Morgan fingerprint density at radius 2 is 1.64 bits per heavy atom. The summed E-state index contributed by atoms with van der Waals surface area (Å²) in [5.74, 6) is 2.51. The third kappa shape index (κ3) is 3.37. The molecule has 0 saturated heterocycles. The number of benzene rings is 2. The van der Waals surface area contributed by atoms with Crippen LogP contribution in [0.2, 0.25) is 0 Å². The van der Waals surface area contributed by atoms with Crippen LogP contribution in [0.5, 0.6) is 0 Å². The zero-order chi connectivity index (χ0) is 17.1. The van der Waals surface area contributed by atoms with Crippen molar-refractivity contribution in [2.75, 3.05) is 0 Å². The van der Waals surface area contributed by atoms with Crippen LogP contribution >= 0.6 is 11.8 Å². The summed E-state index contributed by atoms with van der Waals surface area (Å²) >= 11 is 1.56. The molecule has 4 nitrogen and oxygen atoms in total. The molecule has 2 aromatic carbocycles. The third-order valence-corrected chi connectivity index (χ3v) is 4.76. The fourth-order valence-electron chi connectivity index (χ4n) is 2.60. The summed E-state index contributed by atoms with van der Waals surface area (Å²) in [4.78, 5) is 9.09. The van der Waals surface area contributed by atoms with E-state index in [1.807, 2.05) is 66.3 Å². The van der Waals surface area contributed by atoms with Crippen LogP contribution in [0, 0.1) is 0 Å². The topological polar surface area (TPSA) is 43.9 Å². The molecule has 0 unspecified atom stereocenters. The van der Waals surface area contributed by atoms with Gasteiger partial charge in [-0.15, -0.1) is 0 Å². The van der Waals surface area contributed by atoms with E-state index in [1.54, 1.807) is 18.0 Å². The van der Waals surface area contributed by atoms with Crippen molar-refractivity contribution < 1.29 is 4.42 Å². The van der Waals surface area contributed by atoms with E-state index in [-0.39, 0.29) is 0 Å². The Bertz CT molecular complexity index is 904. The van der Waals surface area contributed by atoms with Crippen molar-refractivity contribution >= 4 is 11.8 Å². The first-order valence-electron chi connectivity index (χ1n) is 8.02. The molecular formula is C20H17N3OS. The number of aromatic nitrogens is 3. The van der Waals surface area contributed by atoms with E-state index in [4.69, 9.17) is 9.40 Å². The van der Waals surface area contributed by atoms with Crippen molar-refractivity contribution in [2.45, 2.75) is 11.0 Å². The highest BCUT2D eigenvalue weighted by molar-refractivity contribution is 7.98. The van der Waals surface area contributed by atoms with Gasteiger partial charge in [-0.05, 0) is 0 Å². The molecular weight excluding hydrogens is 330 g/mol. The van der Waals surface area contributed by atoms with Crippen LogP contribution in [-0.4, -0.2) is 14.5 Å². The number of imidazole rings is 1. The van der Waals surface area contributed by atoms with Gasteiger partial charge in [-0.1, -0.05) is 72.4 Å². The number of thioether (sulfide) groups is 1. The maximum atomic E-state index is 6.11. The molecule has 2 aromatic heterocycles. The average Bonchev–Trinajstić information content (AvgIpc) is 3.28. The van der Waals surface area contributed by atoms with Crippen LogP contribution in [0.1, 0.15) is 5.82 Å². The zero-order valence-corrected chi connectivity index (χ0v) is 14.6. The van der Waals surface area contributed by atoms with Crippen LogP contribution < -0.4 is 0 Å². The monoisotopic (exact) mass is 347 g/mol.